The van der Waals surface area contributed by atoms with Crippen LogP contribution >= 0.6 is 11.8 Å². The van der Waals surface area contributed by atoms with Crippen LogP contribution in [0, 0.1) is 17.0 Å². The van der Waals surface area contributed by atoms with Crippen LogP contribution < -0.4 is 10.1 Å². The molecular formula is C20H20N4O4S. The van der Waals surface area contributed by atoms with Crippen LogP contribution in [-0.2, 0) is 4.79 Å². The summed E-state index contributed by atoms with van der Waals surface area (Å²) in [5.41, 5.74) is 1.33. The number of carbonyl (C=O) groups is 1. The van der Waals surface area contributed by atoms with E-state index in [0.717, 1.165) is 10.6 Å². The second kappa shape index (κ2) is 8.78. The number of nitro groups is 1. The van der Waals surface area contributed by atoms with Gasteiger partial charge in [0.1, 0.15) is 11.6 Å². The molecule has 1 unspecified atom stereocenters. The molecule has 0 aliphatic carbocycles. The molecule has 1 amide bonds. The number of aryl methyl sites for hydroxylation is 1. The summed E-state index contributed by atoms with van der Waals surface area (Å²) in [6.07, 6.45) is 0. The highest BCUT2D eigenvalue weighted by Gasteiger charge is 2.18. The Morgan fingerprint density at radius 3 is 2.45 bits per heavy atom. The van der Waals surface area contributed by atoms with E-state index in [2.05, 4.69) is 10.4 Å². The molecule has 0 radical (unpaired) electrons. The number of aromatic nitrogens is 2. The van der Waals surface area contributed by atoms with Crippen LogP contribution in [0.3, 0.4) is 0 Å². The lowest BCUT2D eigenvalue weighted by atomic mass is 10.3. The lowest BCUT2D eigenvalue weighted by Crippen LogP contribution is -2.23. The number of nitro benzene ring substituents is 1. The van der Waals surface area contributed by atoms with Crippen molar-refractivity contribution in [1.82, 2.24) is 9.78 Å². The van der Waals surface area contributed by atoms with Crippen molar-refractivity contribution in [3.8, 4) is 11.4 Å². The summed E-state index contributed by atoms with van der Waals surface area (Å²) in [6, 6.07) is 15.2. The van der Waals surface area contributed by atoms with Crippen LogP contribution in [0.25, 0.3) is 5.69 Å². The highest BCUT2D eigenvalue weighted by atomic mass is 32.2. The van der Waals surface area contributed by atoms with Crippen molar-refractivity contribution in [1.29, 1.82) is 0 Å². The Balaban J connectivity index is 1.73. The molecule has 29 heavy (non-hydrogen) atoms. The zero-order valence-electron chi connectivity index (χ0n) is 16.2. The van der Waals surface area contributed by atoms with Crippen LogP contribution in [0.2, 0.25) is 0 Å². The second-order valence-electron chi connectivity index (χ2n) is 6.28. The Kier molecular flexibility index (Phi) is 6.18. The monoisotopic (exact) mass is 412 g/mol. The zero-order valence-corrected chi connectivity index (χ0v) is 17.0. The van der Waals surface area contributed by atoms with Crippen LogP contribution in [0.5, 0.6) is 5.75 Å². The van der Waals surface area contributed by atoms with Crippen molar-refractivity contribution < 1.29 is 14.5 Å². The molecule has 150 valence electrons. The van der Waals surface area contributed by atoms with Gasteiger partial charge in [0, 0.05) is 23.1 Å². The Labute approximate surface area is 172 Å². The number of rotatable bonds is 7. The van der Waals surface area contributed by atoms with Crippen LogP contribution in [-0.4, -0.2) is 33.0 Å². The first-order valence-electron chi connectivity index (χ1n) is 8.80. The SMILES string of the molecule is COc1ccc(SC(C)C(=O)Nc2cc(C)nn2-c2ccc([N+](=O)[O-])cc2)cc1. The van der Waals surface area contributed by atoms with Gasteiger partial charge in [-0.3, -0.25) is 14.9 Å². The van der Waals surface area contributed by atoms with E-state index >= 15 is 0 Å². The molecule has 0 spiro atoms. The highest BCUT2D eigenvalue weighted by molar-refractivity contribution is 8.00. The average Bonchev–Trinajstić information content (AvgIpc) is 3.08. The summed E-state index contributed by atoms with van der Waals surface area (Å²) in [4.78, 5) is 24.0. The van der Waals surface area contributed by atoms with Crippen molar-refractivity contribution in [3.05, 3.63) is 70.4 Å². The van der Waals surface area contributed by atoms with Crippen molar-refractivity contribution >= 4 is 29.2 Å². The van der Waals surface area contributed by atoms with E-state index in [1.165, 1.54) is 23.9 Å². The van der Waals surface area contributed by atoms with Gasteiger partial charge >= 0.3 is 0 Å². The molecule has 0 saturated carbocycles. The third-order valence-corrected chi connectivity index (χ3v) is 5.24. The minimum Gasteiger partial charge on any atom is -0.497 e. The first-order valence-corrected chi connectivity index (χ1v) is 9.68. The van der Waals surface area contributed by atoms with Gasteiger partial charge < -0.3 is 10.1 Å². The summed E-state index contributed by atoms with van der Waals surface area (Å²) in [5.74, 6) is 1.09. The molecule has 3 rings (SSSR count). The smallest absolute Gasteiger partial charge is 0.269 e. The molecule has 0 aliphatic rings. The summed E-state index contributed by atoms with van der Waals surface area (Å²) in [7, 11) is 1.61. The highest BCUT2D eigenvalue weighted by Crippen LogP contribution is 2.27. The first kappa shape index (κ1) is 20.4. The Hall–Kier alpha value is -3.33. The van der Waals surface area contributed by atoms with Crippen molar-refractivity contribution in [3.63, 3.8) is 0 Å². The molecule has 1 atom stereocenters. The summed E-state index contributed by atoms with van der Waals surface area (Å²) in [6.45, 7) is 3.64. The fourth-order valence-corrected chi connectivity index (χ4v) is 3.51. The Morgan fingerprint density at radius 1 is 1.21 bits per heavy atom. The molecule has 8 nitrogen and oxygen atoms in total. The van der Waals surface area contributed by atoms with Gasteiger partial charge in [0.15, 0.2) is 0 Å². The fourth-order valence-electron chi connectivity index (χ4n) is 2.64. The van der Waals surface area contributed by atoms with Gasteiger partial charge in [0.25, 0.3) is 5.69 Å². The number of amides is 1. The van der Waals surface area contributed by atoms with E-state index < -0.39 is 4.92 Å². The number of anilines is 1. The summed E-state index contributed by atoms with van der Waals surface area (Å²) in [5, 5.41) is 17.8. The molecule has 0 fully saturated rings. The number of methoxy groups -OCH3 is 1. The van der Waals surface area contributed by atoms with Gasteiger partial charge in [-0.25, -0.2) is 4.68 Å². The Bertz CT molecular complexity index is 1020. The molecule has 9 heteroatoms. The predicted octanol–water partition coefficient (Wildman–Crippen LogP) is 4.22. The number of ether oxygens (including phenoxy) is 1. The standard InChI is InChI=1S/C20H20N4O4S/c1-13-12-19(23(22-13)15-4-6-16(7-5-15)24(26)27)21-20(25)14(2)29-18-10-8-17(28-3)9-11-18/h4-12,14H,1-3H3,(H,21,25). The van der Waals surface area contributed by atoms with Gasteiger partial charge in [0.05, 0.1) is 28.7 Å². The third kappa shape index (κ3) is 4.94. The molecule has 1 heterocycles. The lowest BCUT2D eigenvalue weighted by Gasteiger charge is -2.13. The number of carbonyl (C=O) groups excluding carboxylic acids is 1. The molecule has 0 saturated heterocycles. The molecule has 1 N–H and O–H groups in total. The quantitative estimate of drug-likeness (QED) is 0.354. The van der Waals surface area contributed by atoms with E-state index in [0.29, 0.717) is 17.2 Å². The molecule has 1 aromatic heterocycles. The van der Waals surface area contributed by atoms with Crippen LogP contribution in [0.4, 0.5) is 11.5 Å². The van der Waals surface area contributed by atoms with Gasteiger partial charge in [-0.1, -0.05) is 0 Å². The van der Waals surface area contributed by atoms with Crippen molar-refractivity contribution in [2.24, 2.45) is 0 Å². The zero-order chi connectivity index (χ0) is 21.0. The largest absolute Gasteiger partial charge is 0.497 e. The summed E-state index contributed by atoms with van der Waals surface area (Å²) >= 11 is 1.43. The van der Waals surface area contributed by atoms with E-state index in [1.807, 2.05) is 38.1 Å². The van der Waals surface area contributed by atoms with E-state index in [4.69, 9.17) is 4.74 Å². The topological polar surface area (TPSA) is 99.3 Å². The number of thioether (sulfide) groups is 1. The predicted molar refractivity (Wildman–Crippen MR) is 112 cm³/mol. The molecule has 3 aromatic rings. The molecular weight excluding hydrogens is 392 g/mol. The van der Waals surface area contributed by atoms with Crippen molar-refractivity contribution in [2.75, 3.05) is 12.4 Å². The van der Waals surface area contributed by atoms with Crippen LogP contribution in [0.15, 0.2) is 59.5 Å². The number of non-ortho nitro benzene ring substituents is 1. The Morgan fingerprint density at radius 2 is 1.86 bits per heavy atom. The van der Waals surface area contributed by atoms with Crippen LogP contribution in [0.1, 0.15) is 12.6 Å². The van der Waals surface area contributed by atoms with E-state index in [9.17, 15) is 14.9 Å². The lowest BCUT2D eigenvalue weighted by molar-refractivity contribution is -0.384. The number of nitrogens with one attached hydrogen (secondary N) is 1. The number of benzene rings is 2. The normalized spacial score (nSPS) is 11.7. The maximum atomic E-state index is 12.7. The molecule has 0 bridgehead atoms. The van der Waals surface area contributed by atoms with Gasteiger partial charge in [-0.2, -0.15) is 5.10 Å². The maximum absolute atomic E-state index is 12.7. The van der Waals surface area contributed by atoms with Gasteiger partial charge in [-0.15, -0.1) is 11.8 Å². The third-order valence-electron chi connectivity index (χ3n) is 4.13. The van der Waals surface area contributed by atoms with Gasteiger partial charge in [0.2, 0.25) is 5.91 Å². The number of hydrogen-bond donors (Lipinski definition) is 1. The van der Waals surface area contributed by atoms with Crippen molar-refractivity contribution in [2.45, 2.75) is 24.0 Å². The molecule has 2 aromatic carbocycles. The number of hydrogen-bond acceptors (Lipinski definition) is 6. The first-order chi connectivity index (χ1) is 13.9. The fraction of sp³-hybridized carbons (Fsp3) is 0.200. The molecule has 0 aliphatic heterocycles. The average molecular weight is 412 g/mol. The summed E-state index contributed by atoms with van der Waals surface area (Å²) < 4.78 is 6.70. The van der Waals surface area contributed by atoms with Gasteiger partial charge in [-0.05, 0) is 50.2 Å². The minimum atomic E-state index is -0.459. The van der Waals surface area contributed by atoms with E-state index in [1.54, 1.807) is 30.0 Å². The maximum Gasteiger partial charge on any atom is 0.269 e. The minimum absolute atomic E-state index is 0.00673. The van der Waals surface area contributed by atoms with E-state index in [-0.39, 0.29) is 16.8 Å². The number of nitrogens with zero attached hydrogens (tertiary/aromatic N) is 3. The second-order valence-corrected chi connectivity index (χ2v) is 7.70.